The van der Waals surface area contributed by atoms with Crippen LogP contribution in [0.2, 0.25) is 12.1 Å². The van der Waals surface area contributed by atoms with Gasteiger partial charge in [-0.25, -0.2) is 0 Å². The van der Waals surface area contributed by atoms with Crippen molar-refractivity contribution in [3.8, 4) is 0 Å². The lowest BCUT2D eigenvalue weighted by molar-refractivity contribution is 0.102. The van der Waals surface area contributed by atoms with E-state index in [1.54, 1.807) is 0 Å². The zero-order chi connectivity index (χ0) is 25.7. The van der Waals surface area contributed by atoms with Crippen molar-refractivity contribution in [3.05, 3.63) is 122 Å². The zero-order valence-electron chi connectivity index (χ0n) is 21.8. The van der Waals surface area contributed by atoms with Crippen LogP contribution in [-0.2, 0) is 10.0 Å². The van der Waals surface area contributed by atoms with Gasteiger partial charge in [-0.15, -0.1) is 13.2 Å². The Bertz CT molecular complexity index is 1890. The monoisotopic (exact) mass is 540 g/mol. The first-order chi connectivity index (χ1) is 18.7. The van der Waals surface area contributed by atoms with Crippen LogP contribution >= 0.6 is 0 Å². The first-order valence-electron chi connectivity index (χ1n) is 13.8. The Morgan fingerprint density at radius 2 is 1.34 bits per heavy atom. The highest BCUT2D eigenvalue weighted by Crippen LogP contribution is 2.46. The molecule has 1 aliphatic rings. The van der Waals surface area contributed by atoms with Crippen LogP contribution in [0.4, 0.5) is 0 Å². The van der Waals surface area contributed by atoms with Crippen molar-refractivity contribution in [3.63, 3.8) is 0 Å². The van der Waals surface area contributed by atoms with Gasteiger partial charge in [0, 0.05) is 16.9 Å². The molecule has 1 saturated heterocycles. The molecule has 1 heterocycles. The molecule has 0 spiro atoms. The molecule has 38 heavy (non-hydrogen) atoms. The Balaban J connectivity index is 1.56. The van der Waals surface area contributed by atoms with E-state index in [1.165, 1.54) is 71.5 Å². The predicted octanol–water partition coefficient (Wildman–Crippen LogP) is 7.33. The minimum absolute atomic E-state index is 0.00669. The number of fused-ring (bicyclic) bond motifs is 6. The minimum atomic E-state index is -0.811. The van der Waals surface area contributed by atoms with Gasteiger partial charge in [-0.1, -0.05) is 72.8 Å². The number of allylic oxidation sites excluding steroid dienone is 1. The molecule has 0 saturated carbocycles. The van der Waals surface area contributed by atoms with Crippen molar-refractivity contribution < 1.29 is 4.43 Å². The van der Waals surface area contributed by atoms with Gasteiger partial charge in [0.05, 0.1) is 5.60 Å². The molecule has 0 amide bonds. The van der Waals surface area contributed by atoms with Gasteiger partial charge >= 0.3 is 0 Å². The van der Waals surface area contributed by atoms with Gasteiger partial charge in [-0.3, -0.25) is 0 Å². The lowest BCUT2D eigenvalue weighted by atomic mass is 9.83. The van der Waals surface area contributed by atoms with Gasteiger partial charge in [0.15, 0.2) is 0 Å². The summed E-state index contributed by atoms with van der Waals surface area (Å²) in [5, 5.41) is 13.1. The summed E-state index contributed by atoms with van der Waals surface area (Å²) in [5.74, 6) is 0. The van der Waals surface area contributed by atoms with E-state index in [0.717, 1.165) is 6.42 Å². The van der Waals surface area contributed by atoms with E-state index in [1.807, 2.05) is 0 Å². The van der Waals surface area contributed by atoms with Gasteiger partial charge in [0.2, 0.25) is 0 Å². The van der Waals surface area contributed by atoms with Crippen LogP contribution in [0.1, 0.15) is 12.0 Å². The maximum atomic E-state index is 7.05. The molecule has 2 unspecified atom stereocenters. The number of hydrogen-bond donors (Lipinski definition) is 0. The molecule has 0 bridgehead atoms. The van der Waals surface area contributed by atoms with Gasteiger partial charge in [-0.05, 0) is 108 Å². The molecule has 1 nitrogen and oxygen atoms in total. The summed E-state index contributed by atoms with van der Waals surface area (Å²) in [7, 11) is -1.26. The zero-order valence-corrected chi connectivity index (χ0v) is 25.7. The van der Waals surface area contributed by atoms with Gasteiger partial charge in [0.1, 0.15) is 9.28 Å². The molecule has 1 fully saturated rings. The van der Waals surface area contributed by atoms with E-state index in [-0.39, 0.29) is 14.2 Å². The molecule has 6 aromatic carbocycles. The van der Waals surface area contributed by atoms with E-state index in [4.69, 9.17) is 4.43 Å². The van der Waals surface area contributed by atoms with E-state index >= 15 is 0 Å². The molecule has 0 radical (unpaired) electrons. The highest BCUT2D eigenvalue weighted by Gasteiger charge is 2.40. The summed E-state index contributed by atoms with van der Waals surface area (Å²) in [6.45, 7) is 8.32. The lowest BCUT2D eigenvalue weighted by Crippen LogP contribution is -2.47. The summed E-state index contributed by atoms with van der Waals surface area (Å²) in [6, 6.07) is 36.7. The fourth-order valence-corrected chi connectivity index (χ4v) is 24.9. The smallest absolute Gasteiger partial charge is 0.142 e. The minimum Gasteiger partial charge on any atom is -0.419 e. The van der Waals surface area contributed by atoms with Crippen LogP contribution in [0.25, 0.3) is 53.9 Å². The fourth-order valence-electron chi connectivity index (χ4n) is 6.94. The van der Waals surface area contributed by atoms with Crippen molar-refractivity contribution in [1.82, 2.24) is 0 Å². The molecule has 0 N–H and O–H groups in total. The largest absolute Gasteiger partial charge is 0.419 e. The first kappa shape index (κ1) is 23.8. The van der Waals surface area contributed by atoms with E-state index < -0.39 is 17.6 Å². The van der Waals surface area contributed by atoms with Crippen LogP contribution in [0, 0.1) is 0 Å². The van der Waals surface area contributed by atoms with E-state index in [0.29, 0.717) is 0 Å². The summed E-state index contributed by atoms with van der Waals surface area (Å²) < 4.78 is 7.05. The molecule has 7 rings (SSSR count). The third-order valence-corrected chi connectivity index (χ3v) is 27.8. The van der Waals surface area contributed by atoms with Crippen LogP contribution in [0.3, 0.4) is 0 Å². The van der Waals surface area contributed by atoms with Crippen LogP contribution in [-0.4, -0.2) is 26.1 Å². The van der Waals surface area contributed by atoms with E-state index in [2.05, 4.69) is 116 Å². The summed E-state index contributed by atoms with van der Waals surface area (Å²) in [4.78, 5) is 0. The van der Waals surface area contributed by atoms with Crippen LogP contribution in [0.5, 0.6) is 0 Å². The standard InChI is InChI=1S/C34H32OSi3/c1-3-15-34(22-38(16-4-2)37-36-35-34)33-29-12-8-7-11-25(29)20-32-30(33)14-13-26-19-27-17-23-9-5-6-10-24(23)18-28(27)21-31(26)32/h3-14,17-21,38H,1-2,15-16,22,36-37H2. The Morgan fingerprint density at radius 1 is 0.684 bits per heavy atom. The second kappa shape index (κ2) is 9.47. The van der Waals surface area contributed by atoms with E-state index in [9.17, 15) is 0 Å². The van der Waals surface area contributed by atoms with Crippen LogP contribution < -0.4 is 0 Å². The molecular formula is C34H32OSi3. The Morgan fingerprint density at radius 3 is 2.11 bits per heavy atom. The van der Waals surface area contributed by atoms with Crippen LogP contribution in [0.15, 0.2) is 116 Å². The number of benzene rings is 6. The second-order valence-electron chi connectivity index (χ2n) is 11.0. The summed E-state index contributed by atoms with van der Waals surface area (Å²) >= 11 is 0. The third-order valence-electron chi connectivity index (χ3n) is 8.63. The molecular weight excluding hydrogens is 509 g/mol. The number of rotatable bonds is 5. The topological polar surface area (TPSA) is 9.23 Å². The average Bonchev–Trinajstić information content (AvgIpc) is 2.94. The normalized spacial score (nSPS) is 21.2. The molecule has 2 atom stereocenters. The second-order valence-corrected chi connectivity index (χ2v) is 26.5. The summed E-state index contributed by atoms with van der Waals surface area (Å²) in [5.41, 5.74) is 1.17. The van der Waals surface area contributed by atoms with Crippen molar-refractivity contribution in [1.29, 1.82) is 0 Å². The Labute approximate surface area is 229 Å². The number of hydrogen-bond acceptors (Lipinski definition) is 1. The fraction of sp³-hybridized carbons (Fsp3) is 0.118. The van der Waals surface area contributed by atoms with Crippen molar-refractivity contribution in [2.24, 2.45) is 0 Å². The third kappa shape index (κ3) is 3.83. The van der Waals surface area contributed by atoms with Gasteiger partial charge < -0.3 is 4.43 Å². The predicted molar refractivity (Wildman–Crippen MR) is 176 cm³/mol. The Hall–Kier alpha value is -3.29. The highest BCUT2D eigenvalue weighted by atomic mass is 29.5. The Kier molecular flexibility index (Phi) is 5.93. The average molecular weight is 541 g/mol. The quantitative estimate of drug-likeness (QED) is 0.0962. The lowest BCUT2D eigenvalue weighted by Gasteiger charge is -2.42. The van der Waals surface area contributed by atoms with Crippen molar-refractivity contribution in [2.45, 2.75) is 24.1 Å². The van der Waals surface area contributed by atoms with Crippen molar-refractivity contribution in [2.75, 3.05) is 0 Å². The molecule has 186 valence electrons. The molecule has 6 aromatic rings. The van der Waals surface area contributed by atoms with Crippen molar-refractivity contribution >= 4 is 80.0 Å². The maximum Gasteiger partial charge on any atom is 0.142 e. The molecule has 1 aliphatic heterocycles. The maximum absolute atomic E-state index is 7.05. The van der Waals surface area contributed by atoms with Gasteiger partial charge in [0.25, 0.3) is 0 Å². The highest BCUT2D eigenvalue weighted by molar-refractivity contribution is 7.35. The van der Waals surface area contributed by atoms with Gasteiger partial charge in [-0.2, -0.15) is 0 Å². The first-order valence-corrected chi connectivity index (χ1v) is 23.2. The SMILES string of the molecule is C=CC[SiH]1CC(CC=C)(c2c3ccccc3cc3c2ccc2cc4cc5ccccc5cc4cc23)O[SiH2][SiH2]1. The molecule has 0 aliphatic carbocycles. The molecule has 0 aromatic heterocycles. The molecule has 4 heteroatoms. The summed E-state index contributed by atoms with van der Waals surface area (Å²) in [6.07, 6.45) is 5.18.